The summed E-state index contributed by atoms with van der Waals surface area (Å²) in [6, 6.07) is 25.0. The number of nitrogens with two attached hydrogens (primary N) is 1. The van der Waals surface area contributed by atoms with Crippen molar-refractivity contribution in [1.29, 1.82) is 0 Å². The molecule has 0 aliphatic carbocycles. The lowest BCUT2D eigenvalue weighted by molar-refractivity contribution is 0.878. The van der Waals surface area contributed by atoms with Crippen LogP contribution in [0.1, 0.15) is 5.69 Å². The van der Waals surface area contributed by atoms with Gasteiger partial charge in [-0.2, -0.15) is 5.10 Å². The topological polar surface area (TPSA) is 97.4 Å². The number of hydrogen-bond donors (Lipinski definition) is 3. The van der Waals surface area contributed by atoms with Crippen molar-refractivity contribution >= 4 is 88.9 Å². The van der Waals surface area contributed by atoms with E-state index in [9.17, 15) is 0 Å². The Balaban J connectivity index is 1.66. The quantitative estimate of drug-likeness (QED) is 0.204. The van der Waals surface area contributed by atoms with Gasteiger partial charge in [0.2, 0.25) is 0 Å². The van der Waals surface area contributed by atoms with Gasteiger partial charge >= 0.3 is 0 Å². The first-order valence-corrected chi connectivity index (χ1v) is 13.5. The summed E-state index contributed by atoms with van der Waals surface area (Å²) < 4.78 is 4.61. The molecule has 7 nitrogen and oxygen atoms in total. The number of nitrogens with one attached hydrogen (secondary N) is 2. The van der Waals surface area contributed by atoms with Crippen molar-refractivity contribution in [1.82, 2.24) is 24.7 Å². The summed E-state index contributed by atoms with van der Waals surface area (Å²) in [5.41, 5.74) is 10.9. The number of aromatic nitrogens is 5. The van der Waals surface area contributed by atoms with E-state index in [1.807, 2.05) is 41.9 Å². The minimum absolute atomic E-state index is 0.0985. The Bertz CT molecular complexity index is 2120. The van der Waals surface area contributed by atoms with Crippen molar-refractivity contribution in [2.75, 3.05) is 5.32 Å². The van der Waals surface area contributed by atoms with Gasteiger partial charge in [0.25, 0.3) is 0 Å². The smallest absolute Gasteiger partial charge is 0.200 e. The SMILES string of the molecule is Cc1nn(-c2ccccc2)c2nc3[nH]c(=S)nc(NC(N)=S)c3c(-c3ccc4sc5ccccc5c4c3)c12. The van der Waals surface area contributed by atoms with E-state index in [0.29, 0.717) is 17.1 Å². The van der Waals surface area contributed by atoms with Crippen molar-refractivity contribution in [3.63, 3.8) is 0 Å². The first-order valence-electron chi connectivity index (χ1n) is 11.8. The molecule has 0 spiro atoms. The number of thiophene rings is 1. The summed E-state index contributed by atoms with van der Waals surface area (Å²) in [7, 11) is 0. The highest BCUT2D eigenvalue weighted by Crippen LogP contribution is 2.42. The molecule has 0 radical (unpaired) electrons. The lowest BCUT2D eigenvalue weighted by Crippen LogP contribution is -2.20. The monoisotopic (exact) mass is 549 g/mol. The van der Waals surface area contributed by atoms with Crippen LogP contribution in [0.4, 0.5) is 5.82 Å². The fourth-order valence-corrected chi connectivity index (χ4v) is 6.42. The van der Waals surface area contributed by atoms with Gasteiger partial charge < -0.3 is 16.0 Å². The van der Waals surface area contributed by atoms with E-state index < -0.39 is 0 Å². The Hall–Kier alpha value is -4.25. The number of benzene rings is 3. The lowest BCUT2D eigenvalue weighted by Gasteiger charge is -2.14. The lowest BCUT2D eigenvalue weighted by atomic mass is 9.97. The van der Waals surface area contributed by atoms with Gasteiger partial charge in [-0.3, -0.25) is 0 Å². The van der Waals surface area contributed by atoms with Crippen LogP contribution >= 0.6 is 35.8 Å². The van der Waals surface area contributed by atoms with Gasteiger partial charge in [-0.15, -0.1) is 11.3 Å². The van der Waals surface area contributed by atoms with Gasteiger partial charge in [0, 0.05) is 25.7 Å². The summed E-state index contributed by atoms with van der Waals surface area (Å²) in [4.78, 5) is 12.7. The Morgan fingerprint density at radius 2 is 1.71 bits per heavy atom. The van der Waals surface area contributed by atoms with Crippen molar-refractivity contribution in [3.8, 4) is 16.8 Å². The Kier molecular flexibility index (Phi) is 5.22. The van der Waals surface area contributed by atoms with Gasteiger partial charge in [-0.1, -0.05) is 42.5 Å². The minimum atomic E-state index is 0.0985. The second-order valence-corrected chi connectivity index (χ2v) is 10.8. The molecule has 0 aliphatic heterocycles. The maximum Gasteiger partial charge on any atom is 0.200 e. The average Bonchev–Trinajstić information content (AvgIpc) is 3.44. The van der Waals surface area contributed by atoms with E-state index in [2.05, 4.69) is 57.7 Å². The van der Waals surface area contributed by atoms with Gasteiger partial charge in [0.15, 0.2) is 15.5 Å². The molecule has 4 aromatic heterocycles. The largest absolute Gasteiger partial charge is 0.376 e. The highest BCUT2D eigenvalue weighted by Gasteiger charge is 2.23. The number of fused-ring (bicyclic) bond motifs is 5. The first-order chi connectivity index (χ1) is 18.5. The molecule has 3 aromatic carbocycles. The van der Waals surface area contributed by atoms with Crippen LogP contribution in [0.25, 0.3) is 59.1 Å². The molecule has 0 bridgehead atoms. The predicted molar refractivity (Wildman–Crippen MR) is 163 cm³/mol. The van der Waals surface area contributed by atoms with Crippen LogP contribution in [0.15, 0.2) is 72.8 Å². The molecule has 0 saturated carbocycles. The van der Waals surface area contributed by atoms with Gasteiger partial charge in [-0.25, -0.2) is 14.6 Å². The molecule has 10 heteroatoms. The molecule has 4 heterocycles. The maximum absolute atomic E-state index is 5.90. The molecule has 0 atom stereocenters. The molecular weight excluding hydrogens is 531 g/mol. The third-order valence-corrected chi connectivity index (χ3v) is 8.02. The van der Waals surface area contributed by atoms with Crippen LogP contribution in [0, 0.1) is 11.7 Å². The normalized spacial score (nSPS) is 11.6. The van der Waals surface area contributed by atoms with E-state index in [-0.39, 0.29) is 9.88 Å². The van der Waals surface area contributed by atoms with E-state index in [1.165, 1.54) is 20.2 Å². The molecule has 0 unspecified atom stereocenters. The number of nitrogens with zero attached hydrogens (tertiary/aromatic N) is 4. The van der Waals surface area contributed by atoms with Crippen LogP contribution < -0.4 is 11.1 Å². The number of hydrogen-bond acceptors (Lipinski definition) is 6. The number of pyridine rings is 1. The van der Waals surface area contributed by atoms with Crippen LogP contribution in [-0.4, -0.2) is 29.8 Å². The molecule has 0 fully saturated rings. The second-order valence-electron chi connectivity index (χ2n) is 8.93. The van der Waals surface area contributed by atoms with Crippen LogP contribution in [0.5, 0.6) is 0 Å². The molecule has 7 aromatic rings. The summed E-state index contributed by atoms with van der Waals surface area (Å²) >= 11 is 12.4. The summed E-state index contributed by atoms with van der Waals surface area (Å²) in [5, 5.41) is 12.1. The number of para-hydroxylation sites is 1. The number of anilines is 1. The zero-order chi connectivity index (χ0) is 26.0. The number of rotatable bonds is 3. The van der Waals surface area contributed by atoms with Gasteiger partial charge in [-0.05, 0) is 67.3 Å². The minimum Gasteiger partial charge on any atom is -0.376 e. The predicted octanol–water partition coefficient (Wildman–Crippen LogP) is 7.03. The van der Waals surface area contributed by atoms with Crippen molar-refractivity contribution in [2.45, 2.75) is 6.92 Å². The molecule has 0 saturated heterocycles. The van der Waals surface area contributed by atoms with E-state index in [1.54, 1.807) is 11.3 Å². The number of thiocarbonyl (C=S) groups is 1. The molecule has 0 amide bonds. The number of H-pyrrole nitrogens is 1. The highest BCUT2D eigenvalue weighted by molar-refractivity contribution is 7.80. The average molecular weight is 550 g/mol. The Labute approximate surface area is 231 Å². The zero-order valence-corrected chi connectivity index (χ0v) is 22.5. The highest BCUT2D eigenvalue weighted by atomic mass is 32.1. The maximum atomic E-state index is 5.90. The van der Waals surface area contributed by atoms with Gasteiger partial charge in [0.1, 0.15) is 11.5 Å². The molecular formula is C28H19N7S3. The second kappa shape index (κ2) is 8.66. The van der Waals surface area contributed by atoms with Crippen molar-refractivity contribution < 1.29 is 0 Å². The van der Waals surface area contributed by atoms with Crippen LogP contribution in [0.2, 0.25) is 0 Å². The number of aryl methyl sites for hydroxylation is 1. The van der Waals surface area contributed by atoms with Crippen molar-refractivity contribution in [3.05, 3.63) is 83.3 Å². The molecule has 4 N–H and O–H groups in total. The Morgan fingerprint density at radius 1 is 0.947 bits per heavy atom. The van der Waals surface area contributed by atoms with Gasteiger partial charge in [0.05, 0.1) is 22.2 Å². The van der Waals surface area contributed by atoms with Crippen LogP contribution in [0.3, 0.4) is 0 Å². The molecule has 7 rings (SSSR count). The zero-order valence-electron chi connectivity index (χ0n) is 20.0. The molecule has 38 heavy (non-hydrogen) atoms. The molecule has 0 aliphatic rings. The third-order valence-electron chi connectivity index (χ3n) is 6.57. The fourth-order valence-electron chi connectivity index (χ4n) is 5.05. The van der Waals surface area contributed by atoms with E-state index in [0.717, 1.165) is 33.3 Å². The van der Waals surface area contributed by atoms with E-state index in [4.69, 9.17) is 40.3 Å². The summed E-state index contributed by atoms with van der Waals surface area (Å²) in [6.07, 6.45) is 0. The fraction of sp³-hybridized carbons (Fsp3) is 0.0357. The van der Waals surface area contributed by atoms with Crippen molar-refractivity contribution in [2.24, 2.45) is 5.73 Å². The molecule has 184 valence electrons. The standard InChI is InChI=1S/C28H19N7S3/c1-14-21-22(15-11-12-20-18(13-15)17-9-5-6-10-19(17)38-20)23-24(32-28(37)33-25(23)31-27(29)36)30-26(21)35(34-14)16-7-3-2-4-8-16/h2-13H,1H3,(H4,29,30,31,32,33,36,37). The summed E-state index contributed by atoms with van der Waals surface area (Å²) in [5.74, 6) is 0.461. The Morgan fingerprint density at radius 3 is 2.53 bits per heavy atom. The van der Waals surface area contributed by atoms with E-state index >= 15 is 0 Å². The first kappa shape index (κ1) is 22.9. The number of aromatic amines is 1. The summed E-state index contributed by atoms with van der Waals surface area (Å²) in [6.45, 7) is 2.00. The third kappa shape index (κ3) is 3.57. The van der Waals surface area contributed by atoms with Crippen LogP contribution in [-0.2, 0) is 0 Å².